The fourth-order valence-corrected chi connectivity index (χ4v) is 2.24. The van der Waals surface area contributed by atoms with E-state index in [4.69, 9.17) is 4.42 Å². The summed E-state index contributed by atoms with van der Waals surface area (Å²) >= 11 is 1.48. The van der Waals surface area contributed by atoms with Crippen LogP contribution in [0.15, 0.2) is 21.2 Å². The van der Waals surface area contributed by atoms with Gasteiger partial charge in [-0.15, -0.1) is 10.2 Å². The molecule has 0 aliphatic carbocycles. The molecule has 7 nitrogen and oxygen atoms in total. The molecule has 0 bridgehead atoms. The predicted molar refractivity (Wildman–Crippen MR) is 78.0 cm³/mol. The molecule has 11 heteroatoms. The summed E-state index contributed by atoms with van der Waals surface area (Å²) in [5, 5.41) is 15.2. The van der Waals surface area contributed by atoms with Gasteiger partial charge in [0.2, 0.25) is 23.6 Å². The highest BCUT2D eigenvalue weighted by atomic mass is 32.1. The van der Waals surface area contributed by atoms with Crippen LogP contribution in [0.1, 0.15) is 12.3 Å². The smallest absolute Gasteiger partial charge is 0.405 e. The highest BCUT2D eigenvalue weighted by Gasteiger charge is 2.27. The number of carbonyl (C=O) groups excluding carboxylic acids is 2. The van der Waals surface area contributed by atoms with E-state index >= 15 is 0 Å². The molecule has 0 aliphatic heterocycles. The number of hydrogen-bond donors (Lipinski definition) is 2. The Morgan fingerprint density at radius 3 is 2.67 bits per heavy atom. The number of rotatable bonds is 7. The largest absolute Gasteiger partial charge is 0.421 e. The van der Waals surface area contributed by atoms with Crippen molar-refractivity contribution < 1.29 is 27.2 Å². The molecule has 2 rings (SSSR count). The lowest BCUT2D eigenvalue weighted by Gasteiger charge is -2.08. The van der Waals surface area contributed by atoms with Gasteiger partial charge < -0.3 is 15.1 Å². The van der Waals surface area contributed by atoms with E-state index in [2.05, 4.69) is 15.5 Å². The standard InChI is InChI=1S/C13H13F3N4O3S/c14-13(15,16)7-18-10(22)5-17-9(21)1-2-11-19-20-12(23-11)8-3-4-24-6-8/h3-4,6H,1-2,5,7H2,(H,17,21)(H,18,22). The van der Waals surface area contributed by atoms with E-state index in [1.54, 1.807) is 5.32 Å². The zero-order valence-corrected chi connectivity index (χ0v) is 13.0. The normalized spacial score (nSPS) is 11.3. The Morgan fingerprint density at radius 2 is 2.00 bits per heavy atom. The van der Waals surface area contributed by atoms with E-state index in [1.165, 1.54) is 11.3 Å². The first kappa shape index (κ1) is 17.9. The first-order valence-corrected chi connectivity index (χ1v) is 7.73. The van der Waals surface area contributed by atoms with Gasteiger partial charge in [-0.3, -0.25) is 9.59 Å². The highest BCUT2D eigenvalue weighted by molar-refractivity contribution is 7.08. The molecule has 0 aliphatic rings. The Bertz CT molecular complexity index is 685. The van der Waals surface area contributed by atoms with Crippen molar-refractivity contribution in [2.45, 2.75) is 19.0 Å². The fraction of sp³-hybridized carbons (Fsp3) is 0.385. The van der Waals surface area contributed by atoms with Crippen LogP contribution in [0.25, 0.3) is 11.5 Å². The second-order valence-corrected chi connectivity index (χ2v) is 5.46. The van der Waals surface area contributed by atoms with Crippen molar-refractivity contribution in [1.82, 2.24) is 20.8 Å². The summed E-state index contributed by atoms with van der Waals surface area (Å²) < 4.78 is 41.1. The lowest BCUT2D eigenvalue weighted by Crippen LogP contribution is -2.40. The van der Waals surface area contributed by atoms with E-state index < -0.39 is 31.1 Å². The van der Waals surface area contributed by atoms with E-state index in [1.807, 2.05) is 16.8 Å². The zero-order valence-electron chi connectivity index (χ0n) is 12.2. The van der Waals surface area contributed by atoms with Gasteiger partial charge >= 0.3 is 6.18 Å². The molecule has 0 spiro atoms. The third-order valence-electron chi connectivity index (χ3n) is 2.73. The number of hydrogen-bond acceptors (Lipinski definition) is 6. The molecule has 0 atom stereocenters. The Morgan fingerprint density at radius 1 is 1.21 bits per heavy atom. The summed E-state index contributed by atoms with van der Waals surface area (Å²) in [4.78, 5) is 22.7. The Hall–Kier alpha value is -2.43. The van der Waals surface area contributed by atoms with E-state index in [-0.39, 0.29) is 18.7 Å². The molecule has 2 amide bonds. The minimum Gasteiger partial charge on any atom is -0.421 e. The predicted octanol–water partition coefficient (Wildman–Crippen LogP) is 1.53. The number of aromatic nitrogens is 2. The van der Waals surface area contributed by atoms with Crippen LogP contribution in [0.2, 0.25) is 0 Å². The molecular weight excluding hydrogens is 349 g/mol. The molecule has 0 unspecified atom stereocenters. The van der Waals surface area contributed by atoms with E-state index in [0.29, 0.717) is 5.89 Å². The highest BCUT2D eigenvalue weighted by Crippen LogP contribution is 2.20. The lowest BCUT2D eigenvalue weighted by atomic mass is 10.3. The average Bonchev–Trinajstić information content (AvgIpc) is 3.18. The first-order chi connectivity index (χ1) is 11.3. The SMILES string of the molecule is O=C(CCc1nnc(-c2ccsc2)o1)NCC(=O)NCC(F)(F)F. The molecule has 2 N–H and O–H groups in total. The van der Waals surface area contributed by atoms with Gasteiger partial charge in [0.15, 0.2) is 0 Å². The molecule has 2 aromatic rings. The number of carbonyl (C=O) groups is 2. The Kier molecular flexibility index (Phi) is 5.90. The van der Waals surface area contributed by atoms with E-state index in [9.17, 15) is 22.8 Å². The summed E-state index contributed by atoms with van der Waals surface area (Å²) in [6.45, 7) is -1.96. The molecule has 0 aromatic carbocycles. The third kappa shape index (κ3) is 5.99. The second kappa shape index (κ2) is 7.90. The summed E-state index contributed by atoms with van der Waals surface area (Å²) in [7, 11) is 0. The molecule has 0 radical (unpaired) electrons. The molecular formula is C13H13F3N4O3S. The van der Waals surface area contributed by atoms with Gasteiger partial charge in [-0.25, -0.2) is 0 Å². The molecule has 2 aromatic heterocycles. The quantitative estimate of drug-likeness (QED) is 0.778. The maximum atomic E-state index is 11.9. The maximum Gasteiger partial charge on any atom is 0.405 e. The summed E-state index contributed by atoms with van der Waals surface area (Å²) in [6, 6.07) is 1.81. The average molecular weight is 362 g/mol. The van der Waals surface area contributed by atoms with Crippen molar-refractivity contribution in [1.29, 1.82) is 0 Å². The number of thiophene rings is 1. The van der Waals surface area contributed by atoms with Crippen molar-refractivity contribution in [3.63, 3.8) is 0 Å². The van der Waals surface area contributed by atoms with Gasteiger partial charge in [0, 0.05) is 23.8 Å². The summed E-state index contributed by atoms with van der Waals surface area (Å²) in [6.07, 6.45) is -4.36. The summed E-state index contributed by atoms with van der Waals surface area (Å²) in [5.41, 5.74) is 0.782. The van der Waals surface area contributed by atoms with Crippen molar-refractivity contribution >= 4 is 23.2 Å². The van der Waals surface area contributed by atoms with Crippen molar-refractivity contribution in [3.05, 3.63) is 22.7 Å². The van der Waals surface area contributed by atoms with Crippen molar-refractivity contribution in [2.75, 3.05) is 13.1 Å². The minimum atomic E-state index is -4.49. The van der Waals surface area contributed by atoms with E-state index in [0.717, 1.165) is 5.56 Å². The molecule has 0 fully saturated rings. The molecule has 0 saturated carbocycles. The maximum absolute atomic E-state index is 11.9. The third-order valence-corrected chi connectivity index (χ3v) is 3.42. The number of nitrogens with one attached hydrogen (secondary N) is 2. The van der Waals surface area contributed by atoms with Gasteiger partial charge in [0.1, 0.15) is 6.54 Å². The van der Waals surface area contributed by atoms with Gasteiger partial charge in [-0.1, -0.05) is 0 Å². The molecule has 0 saturated heterocycles. The topological polar surface area (TPSA) is 97.1 Å². The van der Waals surface area contributed by atoms with Gasteiger partial charge in [0.25, 0.3) is 0 Å². The van der Waals surface area contributed by atoms with Crippen LogP contribution in [-0.4, -0.2) is 41.3 Å². The van der Waals surface area contributed by atoms with Crippen molar-refractivity contribution in [3.8, 4) is 11.5 Å². The monoisotopic (exact) mass is 362 g/mol. The number of aryl methyl sites for hydroxylation is 1. The van der Waals surface area contributed by atoms with Crippen LogP contribution >= 0.6 is 11.3 Å². The van der Waals surface area contributed by atoms with Gasteiger partial charge in [-0.05, 0) is 11.4 Å². The van der Waals surface area contributed by atoms with Crippen LogP contribution in [-0.2, 0) is 16.0 Å². The molecule has 130 valence electrons. The Labute approximate surface area is 138 Å². The fourth-order valence-electron chi connectivity index (χ4n) is 1.61. The van der Waals surface area contributed by atoms with Crippen LogP contribution in [0.4, 0.5) is 13.2 Å². The molecule has 24 heavy (non-hydrogen) atoms. The number of amides is 2. The lowest BCUT2D eigenvalue weighted by molar-refractivity contribution is -0.138. The summed E-state index contributed by atoms with van der Waals surface area (Å²) in [5.74, 6) is -0.822. The number of halogens is 3. The second-order valence-electron chi connectivity index (χ2n) is 4.68. The number of nitrogens with zero attached hydrogens (tertiary/aromatic N) is 2. The first-order valence-electron chi connectivity index (χ1n) is 6.78. The van der Waals surface area contributed by atoms with Crippen LogP contribution < -0.4 is 10.6 Å². The van der Waals surface area contributed by atoms with Crippen LogP contribution in [0, 0.1) is 0 Å². The van der Waals surface area contributed by atoms with Gasteiger partial charge in [-0.2, -0.15) is 24.5 Å². The molecule has 2 heterocycles. The van der Waals surface area contributed by atoms with Crippen LogP contribution in [0.3, 0.4) is 0 Å². The Balaban J connectivity index is 1.69. The van der Waals surface area contributed by atoms with Gasteiger partial charge in [0.05, 0.1) is 6.54 Å². The minimum absolute atomic E-state index is 0.0299. The van der Waals surface area contributed by atoms with Crippen LogP contribution in [0.5, 0.6) is 0 Å². The zero-order chi connectivity index (χ0) is 17.6. The van der Waals surface area contributed by atoms with Crippen molar-refractivity contribution in [2.24, 2.45) is 0 Å². The number of alkyl halides is 3.